The summed E-state index contributed by atoms with van der Waals surface area (Å²) in [5.41, 5.74) is 6.56. The van der Waals surface area contributed by atoms with Crippen LogP contribution in [-0.2, 0) is 0 Å². The highest BCUT2D eigenvalue weighted by Gasteiger charge is 2.42. The van der Waals surface area contributed by atoms with Crippen LogP contribution in [0.25, 0.3) is 0 Å². The fourth-order valence-electron chi connectivity index (χ4n) is 2.61. The summed E-state index contributed by atoms with van der Waals surface area (Å²) in [5, 5.41) is 0. The van der Waals surface area contributed by atoms with Crippen molar-refractivity contribution < 1.29 is 4.79 Å². The molecule has 5 heteroatoms. The number of likely N-dealkylation sites (N-methyl/N-ethyl adjacent to an activating group) is 1. The van der Waals surface area contributed by atoms with Gasteiger partial charge in [0.2, 0.25) is 0 Å². The quantitative estimate of drug-likeness (QED) is 0.896. The topological polar surface area (TPSA) is 62.5 Å². The lowest BCUT2D eigenvalue weighted by Gasteiger charge is -2.34. The van der Waals surface area contributed by atoms with E-state index in [1.807, 2.05) is 24.1 Å². The summed E-state index contributed by atoms with van der Waals surface area (Å²) in [6, 6.07) is 4.09. The van der Waals surface area contributed by atoms with E-state index in [4.69, 9.17) is 5.73 Å². The molecule has 19 heavy (non-hydrogen) atoms. The Morgan fingerprint density at radius 3 is 2.63 bits per heavy atom. The Kier molecular flexibility index (Phi) is 3.75. The highest BCUT2D eigenvalue weighted by atomic mass is 16.2. The number of carbonyl (C=O) groups is 1. The summed E-state index contributed by atoms with van der Waals surface area (Å²) in [7, 11) is 1.85. The molecule has 1 fully saturated rings. The van der Waals surface area contributed by atoms with Crippen LogP contribution in [0.5, 0.6) is 0 Å². The molecule has 0 aliphatic carbocycles. The fraction of sp³-hybridized carbons (Fsp3) is 0.571. The van der Waals surface area contributed by atoms with Gasteiger partial charge in [-0.2, -0.15) is 0 Å². The van der Waals surface area contributed by atoms with E-state index < -0.39 is 0 Å². The molecule has 2 N–H and O–H groups in total. The molecule has 1 aromatic rings. The van der Waals surface area contributed by atoms with Crippen molar-refractivity contribution >= 4 is 6.03 Å². The second-order valence-electron chi connectivity index (χ2n) is 5.65. The maximum Gasteiger partial charge on any atom is 0.320 e. The van der Waals surface area contributed by atoms with Gasteiger partial charge < -0.3 is 15.5 Å². The van der Waals surface area contributed by atoms with Gasteiger partial charge >= 0.3 is 6.03 Å². The summed E-state index contributed by atoms with van der Waals surface area (Å²) in [4.78, 5) is 20.2. The molecular formula is C14H22N4O. The van der Waals surface area contributed by atoms with E-state index in [1.54, 1.807) is 17.3 Å². The molecule has 0 radical (unpaired) electrons. The van der Waals surface area contributed by atoms with E-state index in [1.165, 1.54) is 0 Å². The van der Waals surface area contributed by atoms with Gasteiger partial charge in [0, 0.05) is 31.5 Å². The molecule has 0 bridgehead atoms. The molecule has 2 amide bonds. The summed E-state index contributed by atoms with van der Waals surface area (Å²) in [5.74, 6) is 0. The van der Waals surface area contributed by atoms with Crippen LogP contribution >= 0.6 is 0 Å². The van der Waals surface area contributed by atoms with Gasteiger partial charge in [0.15, 0.2) is 0 Å². The molecular weight excluding hydrogens is 240 g/mol. The van der Waals surface area contributed by atoms with Gasteiger partial charge in [-0.15, -0.1) is 0 Å². The molecule has 1 aliphatic heterocycles. The first-order chi connectivity index (χ1) is 8.97. The number of nitrogens with zero attached hydrogens (tertiary/aromatic N) is 3. The van der Waals surface area contributed by atoms with Crippen LogP contribution in [0.4, 0.5) is 4.79 Å². The zero-order valence-electron chi connectivity index (χ0n) is 11.8. The number of rotatable bonds is 4. The van der Waals surface area contributed by atoms with E-state index >= 15 is 0 Å². The third kappa shape index (κ3) is 2.56. The van der Waals surface area contributed by atoms with E-state index in [2.05, 4.69) is 18.8 Å². The van der Waals surface area contributed by atoms with E-state index in [0.29, 0.717) is 13.1 Å². The zero-order valence-corrected chi connectivity index (χ0v) is 11.8. The van der Waals surface area contributed by atoms with Crippen LogP contribution in [0.2, 0.25) is 0 Å². The van der Waals surface area contributed by atoms with Crippen LogP contribution in [0.1, 0.15) is 31.9 Å². The Balaban J connectivity index is 2.22. The van der Waals surface area contributed by atoms with Crippen molar-refractivity contribution in [2.75, 3.05) is 20.1 Å². The Bertz CT molecular complexity index is 446. The number of hydrogen-bond acceptors (Lipinski definition) is 3. The van der Waals surface area contributed by atoms with Gasteiger partial charge in [-0.3, -0.25) is 4.98 Å². The van der Waals surface area contributed by atoms with Crippen LogP contribution in [-0.4, -0.2) is 46.5 Å². The maximum atomic E-state index is 12.4. The lowest BCUT2D eigenvalue weighted by atomic mass is 9.98. The lowest BCUT2D eigenvalue weighted by molar-refractivity contribution is 0.145. The molecule has 2 rings (SSSR count). The summed E-state index contributed by atoms with van der Waals surface area (Å²) < 4.78 is 0. The molecule has 0 saturated carbocycles. The standard InChI is InChI=1S/C14H22N4O/c1-14(2,6-7-15)18-10-12(17(3)13(18)19)11-4-8-16-9-5-11/h4-5,8-9,12H,6-7,10,15H2,1-3H3. The predicted molar refractivity (Wildman–Crippen MR) is 74.6 cm³/mol. The van der Waals surface area contributed by atoms with Crippen molar-refractivity contribution in [1.82, 2.24) is 14.8 Å². The fourth-order valence-corrected chi connectivity index (χ4v) is 2.61. The van der Waals surface area contributed by atoms with Crippen molar-refractivity contribution in [2.45, 2.75) is 31.8 Å². The Hall–Kier alpha value is -1.62. The number of pyridine rings is 1. The predicted octanol–water partition coefficient (Wildman–Crippen LogP) is 1.62. The molecule has 1 atom stereocenters. The Morgan fingerprint density at radius 2 is 2.05 bits per heavy atom. The monoisotopic (exact) mass is 262 g/mol. The van der Waals surface area contributed by atoms with Gasteiger partial charge in [-0.05, 0) is 44.5 Å². The first-order valence-electron chi connectivity index (χ1n) is 6.62. The SMILES string of the molecule is CN1C(=O)N(C(C)(C)CCN)CC1c1ccncc1. The number of carbonyl (C=O) groups excluding carboxylic acids is 1. The van der Waals surface area contributed by atoms with Gasteiger partial charge in [0.05, 0.1) is 6.04 Å². The van der Waals surface area contributed by atoms with Crippen molar-refractivity contribution in [2.24, 2.45) is 5.73 Å². The molecule has 5 nitrogen and oxygen atoms in total. The second-order valence-corrected chi connectivity index (χ2v) is 5.65. The maximum absolute atomic E-state index is 12.4. The van der Waals surface area contributed by atoms with E-state index in [0.717, 1.165) is 12.0 Å². The summed E-state index contributed by atoms with van der Waals surface area (Å²) >= 11 is 0. The van der Waals surface area contributed by atoms with Gasteiger partial charge in [0.25, 0.3) is 0 Å². The largest absolute Gasteiger partial charge is 0.330 e. The lowest BCUT2D eigenvalue weighted by Crippen LogP contribution is -2.47. The first kappa shape index (κ1) is 13.8. The average molecular weight is 262 g/mol. The molecule has 1 saturated heterocycles. The number of nitrogens with two attached hydrogens (primary N) is 1. The Labute approximate surface area is 114 Å². The number of aromatic nitrogens is 1. The smallest absolute Gasteiger partial charge is 0.320 e. The van der Waals surface area contributed by atoms with Gasteiger partial charge in [-0.25, -0.2) is 4.79 Å². The van der Waals surface area contributed by atoms with Crippen LogP contribution in [0.15, 0.2) is 24.5 Å². The number of urea groups is 1. The Morgan fingerprint density at radius 1 is 1.42 bits per heavy atom. The van der Waals surface area contributed by atoms with E-state index in [9.17, 15) is 4.79 Å². The average Bonchev–Trinajstić information content (AvgIpc) is 2.68. The zero-order chi connectivity index (χ0) is 14.0. The normalized spacial score (nSPS) is 20.2. The number of hydrogen-bond donors (Lipinski definition) is 1. The minimum Gasteiger partial charge on any atom is -0.330 e. The van der Waals surface area contributed by atoms with Gasteiger partial charge in [-0.1, -0.05) is 0 Å². The highest BCUT2D eigenvalue weighted by molar-refractivity contribution is 5.78. The molecule has 104 valence electrons. The molecule has 0 spiro atoms. The minimum absolute atomic E-state index is 0.0697. The highest BCUT2D eigenvalue weighted by Crippen LogP contribution is 2.33. The summed E-state index contributed by atoms with van der Waals surface area (Å²) in [6.45, 7) is 5.42. The van der Waals surface area contributed by atoms with E-state index in [-0.39, 0.29) is 17.6 Å². The molecule has 2 heterocycles. The molecule has 1 unspecified atom stereocenters. The van der Waals surface area contributed by atoms with Crippen molar-refractivity contribution in [3.63, 3.8) is 0 Å². The first-order valence-corrected chi connectivity index (χ1v) is 6.62. The van der Waals surface area contributed by atoms with Crippen LogP contribution < -0.4 is 5.73 Å². The summed E-state index contributed by atoms with van der Waals surface area (Å²) in [6.07, 6.45) is 4.33. The minimum atomic E-state index is -0.206. The van der Waals surface area contributed by atoms with Crippen molar-refractivity contribution in [3.05, 3.63) is 30.1 Å². The van der Waals surface area contributed by atoms with Crippen molar-refractivity contribution in [3.8, 4) is 0 Å². The third-order valence-electron chi connectivity index (χ3n) is 3.93. The number of amides is 2. The van der Waals surface area contributed by atoms with Crippen LogP contribution in [0.3, 0.4) is 0 Å². The van der Waals surface area contributed by atoms with Gasteiger partial charge in [0.1, 0.15) is 0 Å². The second kappa shape index (κ2) is 5.17. The molecule has 1 aromatic heterocycles. The molecule has 0 aromatic carbocycles. The van der Waals surface area contributed by atoms with Crippen molar-refractivity contribution in [1.29, 1.82) is 0 Å². The third-order valence-corrected chi connectivity index (χ3v) is 3.93. The van der Waals surface area contributed by atoms with Crippen LogP contribution in [0, 0.1) is 0 Å². The molecule has 1 aliphatic rings.